The third-order valence-corrected chi connectivity index (χ3v) is 2.36. The summed E-state index contributed by atoms with van der Waals surface area (Å²) in [5.41, 5.74) is 0.0503. The van der Waals surface area contributed by atoms with E-state index in [1.165, 1.54) is 0 Å². The topological polar surface area (TPSA) is 24.7 Å². The summed E-state index contributed by atoms with van der Waals surface area (Å²) in [7, 11) is 0. The Morgan fingerprint density at radius 1 is 1.50 bits per heavy atom. The molecule has 2 atom stereocenters. The first-order valence-corrected chi connectivity index (χ1v) is 3.76. The largest absolute Gasteiger partial charge is 0.286 e. The summed E-state index contributed by atoms with van der Waals surface area (Å²) in [6, 6.07) is 0.336. The van der Waals surface area contributed by atoms with E-state index in [1.54, 1.807) is 12.4 Å². The molecule has 56 valence electrons. The van der Waals surface area contributed by atoms with Crippen molar-refractivity contribution in [1.29, 1.82) is 0 Å². The summed E-state index contributed by atoms with van der Waals surface area (Å²) in [4.78, 5) is 8.67. The molecule has 0 N–H and O–H groups in total. The maximum Gasteiger partial charge on any atom is 0.0797 e. The zero-order valence-electron chi connectivity index (χ0n) is 6.83. The van der Waals surface area contributed by atoms with Crippen LogP contribution in [-0.2, 0) is 0 Å². The number of aliphatic imine (C=N–C) groups is 2. The summed E-state index contributed by atoms with van der Waals surface area (Å²) >= 11 is 0. The Balaban J connectivity index is 2.77. The Hall–Kier alpha value is -0.660. The van der Waals surface area contributed by atoms with Gasteiger partial charge in [0.1, 0.15) is 0 Å². The minimum Gasteiger partial charge on any atom is -0.286 e. The van der Waals surface area contributed by atoms with Gasteiger partial charge in [-0.1, -0.05) is 6.92 Å². The molecular formula is C8H14N2. The van der Waals surface area contributed by atoms with E-state index < -0.39 is 0 Å². The van der Waals surface area contributed by atoms with Crippen LogP contribution in [0.5, 0.6) is 0 Å². The molecular weight excluding hydrogens is 124 g/mol. The van der Waals surface area contributed by atoms with Gasteiger partial charge in [0.25, 0.3) is 0 Å². The van der Waals surface area contributed by atoms with E-state index in [9.17, 15) is 0 Å². The lowest BCUT2D eigenvalue weighted by atomic mass is 9.91. The monoisotopic (exact) mass is 138 g/mol. The third-order valence-electron chi connectivity index (χ3n) is 2.36. The Bertz CT molecular complexity index is 172. The van der Waals surface area contributed by atoms with Crippen molar-refractivity contribution in [3.05, 3.63) is 0 Å². The average Bonchev–Trinajstić information content (AvgIpc) is 1.96. The third kappa shape index (κ3) is 1.11. The van der Waals surface area contributed by atoms with Gasteiger partial charge in [-0.15, -0.1) is 0 Å². The molecule has 0 bridgehead atoms. The molecule has 1 aliphatic rings. The van der Waals surface area contributed by atoms with Gasteiger partial charge in [0.05, 0.1) is 11.6 Å². The number of nitrogens with zero attached hydrogens (tertiary/aromatic N) is 2. The van der Waals surface area contributed by atoms with Crippen LogP contribution >= 0.6 is 0 Å². The Morgan fingerprint density at radius 2 is 2.20 bits per heavy atom. The molecule has 10 heavy (non-hydrogen) atoms. The normalized spacial score (nSPS) is 38.5. The van der Waals surface area contributed by atoms with E-state index in [4.69, 9.17) is 0 Å². The van der Waals surface area contributed by atoms with Gasteiger partial charge in [0.2, 0.25) is 0 Å². The van der Waals surface area contributed by atoms with Crippen LogP contribution in [0, 0.1) is 0 Å². The fourth-order valence-corrected chi connectivity index (χ4v) is 1.03. The van der Waals surface area contributed by atoms with Crippen molar-refractivity contribution in [2.45, 2.75) is 38.8 Å². The van der Waals surface area contributed by atoms with Gasteiger partial charge in [-0.3, -0.25) is 9.98 Å². The first kappa shape index (κ1) is 7.45. The summed E-state index contributed by atoms with van der Waals surface area (Å²) in [5, 5.41) is 0. The molecule has 0 spiro atoms. The number of hydrogen-bond acceptors (Lipinski definition) is 2. The predicted molar refractivity (Wildman–Crippen MR) is 45.1 cm³/mol. The number of hydrogen-bond donors (Lipinski definition) is 0. The predicted octanol–water partition coefficient (Wildman–Crippen LogP) is 1.70. The van der Waals surface area contributed by atoms with Gasteiger partial charge >= 0.3 is 0 Å². The van der Waals surface area contributed by atoms with E-state index in [-0.39, 0.29) is 5.54 Å². The molecule has 1 rings (SSSR count). The minimum absolute atomic E-state index is 0.0503. The smallest absolute Gasteiger partial charge is 0.0797 e. The first-order chi connectivity index (χ1) is 4.69. The lowest BCUT2D eigenvalue weighted by molar-refractivity contribution is 0.386. The molecule has 0 radical (unpaired) electrons. The van der Waals surface area contributed by atoms with Crippen molar-refractivity contribution in [3.63, 3.8) is 0 Å². The highest BCUT2D eigenvalue weighted by molar-refractivity contribution is 6.16. The van der Waals surface area contributed by atoms with Gasteiger partial charge in [0.15, 0.2) is 0 Å². The summed E-state index contributed by atoms with van der Waals surface area (Å²) in [5.74, 6) is 0. The standard InChI is InChI=1S/C8H14N2/c1-4-8(3)7(2)9-5-6-10-8/h5-7H,4H2,1-3H3. The molecule has 1 heterocycles. The molecule has 1 aliphatic heterocycles. The van der Waals surface area contributed by atoms with Crippen molar-refractivity contribution < 1.29 is 0 Å². The molecule has 0 aromatic heterocycles. The molecule has 0 fully saturated rings. The van der Waals surface area contributed by atoms with Gasteiger partial charge in [-0.25, -0.2) is 0 Å². The highest BCUT2D eigenvalue weighted by Crippen LogP contribution is 2.23. The van der Waals surface area contributed by atoms with E-state index in [1.807, 2.05) is 0 Å². The van der Waals surface area contributed by atoms with Crippen molar-refractivity contribution in [2.24, 2.45) is 9.98 Å². The Labute approximate surface area is 62.1 Å². The van der Waals surface area contributed by atoms with Gasteiger partial charge in [-0.2, -0.15) is 0 Å². The van der Waals surface area contributed by atoms with E-state index in [0.717, 1.165) is 6.42 Å². The van der Waals surface area contributed by atoms with Crippen LogP contribution in [0.1, 0.15) is 27.2 Å². The molecule has 2 nitrogen and oxygen atoms in total. The van der Waals surface area contributed by atoms with Crippen LogP contribution in [-0.4, -0.2) is 24.0 Å². The zero-order valence-corrected chi connectivity index (χ0v) is 6.83. The molecule has 0 aromatic rings. The first-order valence-electron chi connectivity index (χ1n) is 3.76. The zero-order chi connectivity index (χ0) is 7.61. The van der Waals surface area contributed by atoms with Crippen molar-refractivity contribution in [1.82, 2.24) is 0 Å². The fraction of sp³-hybridized carbons (Fsp3) is 0.750. The van der Waals surface area contributed by atoms with Crippen molar-refractivity contribution >= 4 is 12.4 Å². The summed E-state index contributed by atoms with van der Waals surface area (Å²) in [6.45, 7) is 6.40. The van der Waals surface area contributed by atoms with Gasteiger partial charge in [-0.05, 0) is 20.3 Å². The van der Waals surface area contributed by atoms with Crippen LogP contribution in [0.4, 0.5) is 0 Å². The fourth-order valence-electron chi connectivity index (χ4n) is 1.03. The van der Waals surface area contributed by atoms with Gasteiger partial charge in [0, 0.05) is 12.4 Å². The second-order valence-electron chi connectivity index (χ2n) is 2.96. The highest BCUT2D eigenvalue weighted by Gasteiger charge is 2.28. The second-order valence-corrected chi connectivity index (χ2v) is 2.96. The maximum absolute atomic E-state index is 4.39. The van der Waals surface area contributed by atoms with Crippen LogP contribution in [0.3, 0.4) is 0 Å². The second kappa shape index (κ2) is 2.52. The molecule has 0 amide bonds. The Morgan fingerprint density at radius 3 is 2.60 bits per heavy atom. The Kier molecular flexibility index (Phi) is 1.88. The van der Waals surface area contributed by atoms with Crippen LogP contribution in [0.25, 0.3) is 0 Å². The van der Waals surface area contributed by atoms with Crippen molar-refractivity contribution in [3.8, 4) is 0 Å². The lowest BCUT2D eigenvalue weighted by Crippen LogP contribution is -2.35. The highest BCUT2D eigenvalue weighted by atomic mass is 15.0. The van der Waals surface area contributed by atoms with Crippen molar-refractivity contribution in [2.75, 3.05) is 0 Å². The number of rotatable bonds is 1. The van der Waals surface area contributed by atoms with Crippen LogP contribution in [0.15, 0.2) is 9.98 Å². The molecule has 0 saturated heterocycles. The average molecular weight is 138 g/mol. The molecule has 0 aromatic carbocycles. The SMILES string of the molecule is CCC1(C)N=CC=NC1C. The van der Waals surface area contributed by atoms with E-state index in [2.05, 4.69) is 30.8 Å². The molecule has 2 unspecified atom stereocenters. The summed E-state index contributed by atoms with van der Waals surface area (Å²) < 4.78 is 0. The quantitative estimate of drug-likeness (QED) is 0.527. The molecule has 0 aliphatic carbocycles. The molecule has 0 saturated carbocycles. The van der Waals surface area contributed by atoms with E-state index >= 15 is 0 Å². The minimum atomic E-state index is 0.0503. The van der Waals surface area contributed by atoms with Crippen LogP contribution in [0.2, 0.25) is 0 Å². The van der Waals surface area contributed by atoms with E-state index in [0.29, 0.717) is 6.04 Å². The summed E-state index contributed by atoms with van der Waals surface area (Å²) in [6.07, 6.45) is 4.63. The molecule has 2 heteroatoms. The lowest BCUT2D eigenvalue weighted by Gasteiger charge is -2.29. The maximum atomic E-state index is 4.39. The van der Waals surface area contributed by atoms with Crippen LogP contribution < -0.4 is 0 Å². The van der Waals surface area contributed by atoms with Gasteiger partial charge < -0.3 is 0 Å².